The molecular formula is C21H19BrN2O5. The zero-order valence-corrected chi connectivity index (χ0v) is 17.5. The predicted molar refractivity (Wildman–Crippen MR) is 110 cm³/mol. The van der Waals surface area contributed by atoms with Gasteiger partial charge in [0.1, 0.15) is 17.4 Å². The molecule has 1 aliphatic heterocycles. The Labute approximate surface area is 175 Å². The van der Waals surface area contributed by atoms with Crippen molar-refractivity contribution in [3.05, 3.63) is 70.0 Å². The van der Waals surface area contributed by atoms with Crippen molar-refractivity contribution in [2.24, 2.45) is 0 Å². The number of amides is 1. The molecule has 3 heterocycles. The maximum absolute atomic E-state index is 13.3. The van der Waals surface area contributed by atoms with E-state index >= 15 is 0 Å². The van der Waals surface area contributed by atoms with Crippen LogP contribution < -0.4 is 0 Å². The first-order valence-electron chi connectivity index (χ1n) is 9.03. The lowest BCUT2D eigenvalue weighted by molar-refractivity contribution is -0.129. The molecule has 0 bridgehead atoms. The van der Waals surface area contributed by atoms with Gasteiger partial charge in [0, 0.05) is 22.9 Å². The Hall–Kier alpha value is -2.84. The molecule has 1 atom stereocenters. The molecule has 0 spiro atoms. The van der Waals surface area contributed by atoms with Gasteiger partial charge in [-0.05, 0) is 50.5 Å². The average Bonchev–Trinajstić information content (AvgIpc) is 3.39. The summed E-state index contributed by atoms with van der Waals surface area (Å²) < 4.78 is 12.0. The van der Waals surface area contributed by atoms with E-state index in [0.717, 1.165) is 9.86 Å². The van der Waals surface area contributed by atoms with Gasteiger partial charge in [-0.2, -0.15) is 0 Å². The Morgan fingerprint density at radius 2 is 2.07 bits per heavy atom. The molecule has 1 amide bonds. The van der Waals surface area contributed by atoms with Crippen LogP contribution in [0.2, 0.25) is 0 Å². The second kappa shape index (κ2) is 7.53. The van der Waals surface area contributed by atoms with E-state index in [1.165, 1.54) is 11.2 Å². The van der Waals surface area contributed by atoms with Crippen molar-refractivity contribution in [3.8, 4) is 0 Å². The molecule has 0 fully saturated rings. The van der Waals surface area contributed by atoms with Crippen molar-refractivity contribution < 1.29 is 23.5 Å². The number of furan rings is 2. The Morgan fingerprint density at radius 3 is 2.76 bits per heavy atom. The summed E-state index contributed by atoms with van der Waals surface area (Å²) in [5.74, 6) is -1.26. The van der Waals surface area contributed by atoms with Crippen molar-refractivity contribution in [2.45, 2.75) is 6.04 Å². The molecule has 7 nitrogen and oxygen atoms in total. The van der Waals surface area contributed by atoms with Gasteiger partial charge in [0.15, 0.2) is 11.5 Å². The minimum atomic E-state index is -0.815. The number of likely N-dealkylation sites (N-methyl/N-ethyl adjacent to an activating group) is 1. The zero-order chi connectivity index (χ0) is 20.7. The molecule has 1 aliphatic rings. The zero-order valence-electron chi connectivity index (χ0n) is 15.9. The van der Waals surface area contributed by atoms with Crippen molar-refractivity contribution in [1.82, 2.24) is 9.80 Å². The number of rotatable bonds is 6. The van der Waals surface area contributed by atoms with Gasteiger partial charge < -0.3 is 23.7 Å². The van der Waals surface area contributed by atoms with Crippen molar-refractivity contribution in [2.75, 3.05) is 27.2 Å². The number of Topliss-reactive ketones (excluding diaryl/α,β-unsaturated/α-hetero) is 1. The van der Waals surface area contributed by atoms with E-state index in [-0.39, 0.29) is 11.3 Å². The number of hydrogen-bond donors (Lipinski definition) is 1. The predicted octanol–water partition coefficient (Wildman–Crippen LogP) is 3.93. The molecular weight excluding hydrogens is 440 g/mol. The van der Waals surface area contributed by atoms with Gasteiger partial charge in [0.05, 0.1) is 11.8 Å². The van der Waals surface area contributed by atoms with Crippen molar-refractivity contribution in [1.29, 1.82) is 0 Å². The first-order valence-corrected chi connectivity index (χ1v) is 9.82. The molecule has 0 saturated carbocycles. The van der Waals surface area contributed by atoms with E-state index < -0.39 is 23.5 Å². The second-order valence-corrected chi connectivity index (χ2v) is 8.02. The summed E-state index contributed by atoms with van der Waals surface area (Å²) in [5, 5.41) is 11.3. The SMILES string of the molecule is CN(C)CCN1C(=O)C(O)=C(C(=O)c2cc3cc(Br)ccc3o2)C1c1ccco1. The third-order valence-electron chi connectivity index (χ3n) is 4.85. The minimum Gasteiger partial charge on any atom is -0.503 e. The standard InChI is InChI=1S/C21H19BrN2O5/c1-23(2)7-8-24-18(15-4-3-9-28-15)17(20(26)21(24)27)19(25)16-11-12-10-13(22)5-6-14(12)29-16/h3-6,9-11,18,26H,7-8H2,1-2H3. The lowest BCUT2D eigenvalue weighted by Gasteiger charge is -2.26. The molecule has 4 rings (SSSR count). The molecule has 0 aliphatic carbocycles. The van der Waals surface area contributed by atoms with Gasteiger partial charge in [0.25, 0.3) is 5.91 Å². The Balaban J connectivity index is 1.76. The number of halogens is 1. The number of aliphatic hydroxyl groups is 1. The van der Waals surface area contributed by atoms with Crippen LogP contribution in [0.4, 0.5) is 0 Å². The Kier molecular flexibility index (Phi) is 5.06. The van der Waals surface area contributed by atoms with Gasteiger partial charge in [-0.15, -0.1) is 0 Å². The summed E-state index contributed by atoms with van der Waals surface area (Å²) in [6, 6.07) is 9.54. The van der Waals surface area contributed by atoms with Crippen LogP contribution in [-0.2, 0) is 4.79 Å². The molecule has 3 aromatic rings. The van der Waals surface area contributed by atoms with Gasteiger partial charge in [0.2, 0.25) is 5.78 Å². The van der Waals surface area contributed by atoms with E-state index in [4.69, 9.17) is 8.83 Å². The largest absolute Gasteiger partial charge is 0.503 e. The molecule has 8 heteroatoms. The van der Waals surface area contributed by atoms with Crippen LogP contribution in [0.5, 0.6) is 0 Å². The number of ketones is 1. The molecule has 0 saturated heterocycles. The number of carbonyl (C=O) groups is 2. The van der Waals surface area contributed by atoms with Crippen LogP contribution >= 0.6 is 15.9 Å². The molecule has 1 aromatic carbocycles. The van der Waals surface area contributed by atoms with E-state index in [9.17, 15) is 14.7 Å². The highest BCUT2D eigenvalue weighted by Crippen LogP contribution is 2.39. The molecule has 150 valence electrons. The number of nitrogens with zero attached hydrogens (tertiary/aromatic N) is 2. The maximum atomic E-state index is 13.3. The van der Waals surface area contributed by atoms with Crippen LogP contribution in [-0.4, -0.2) is 53.8 Å². The summed E-state index contributed by atoms with van der Waals surface area (Å²) in [5.41, 5.74) is 0.502. The first-order chi connectivity index (χ1) is 13.9. The second-order valence-electron chi connectivity index (χ2n) is 7.10. The fraction of sp³-hybridized carbons (Fsp3) is 0.238. The fourth-order valence-corrected chi connectivity index (χ4v) is 3.80. The van der Waals surface area contributed by atoms with E-state index in [1.54, 1.807) is 24.3 Å². The van der Waals surface area contributed by atoms with Crippen LogP contribution in [0, 0.1) is 0 Å². The third kappa shape index (κ3) is 3.49. The highest BCUT2D eigenvalue weighted by molar-refractivity contribution is 9.10. The van der Waals surface area contributed by atoms with E-state index in [1.807, 2.05) is 31.1 Å². The number of benzene rings is 1. The topological polar surface area (TPSA) is 87.1 Å². The number of hydrogen-bond acceptors (Lipinski definition) is 6. The van der Waals surface area contributed by atoms with Crippen LogP contribution in [0.1, 0.15) is 22.4 Å². The number of aliphatic hydroxyl groups excluding tert-OH is 1. The van der Waals surface area contributed by atoms with Gasteiger partial charge in [-0.3, -0.25) is 9.59 Å². The van der Waals surface area contributed by atoms with Gasteiger partial charge in [-0.1, -0.05) is 15.9 Å². The van der Waals surface area contributed by atoms with Crippen LogP contribution in [0.15, 0.2) is 67.3 Å². The van der Waals surface area contributed by atoms with Crippen LogP contribution in [0.3, 0.4) is 0 Å². The minimum absolute atomic E-state index is 0.0400. The average molecular weight is 459 g/mol. The summed E-state index contributed by atoms with van der Waals surface area (Å²) in [6.45, 7) is 0.890. The van der Waals surface area contributed by atoms with Crippen molar-refractivity contribution in [3.63, 3.8) is 0 Å². The number of fused-ring (bicyclic) bond motifs is 1. The number of carbonyl (C=O) groups excluding carboxylic acids is 2. The summed E-state index contributed by atoms with van der Waals surface area (Å²) in [7, 11) is 3.77. The highest BCUT2D eigenvalue weighted by atomic mass is 79.9. The lowest BCUT2D eigenvalue weighted by Crippen LogP contribution is -2.36. The molecule has 2 aromatic heterocycles. The Bertz CT molecular complexity index is 1110. The van der Waals surface area contributed by atoms with Crippen molar-refractivity contribution >= 4 is 38.6 Å². The third-order valence-corrected chi connectivity index (χ3v) is 5.34. The fourth-order valence-electron chi connectivity index (χ4n) is 3.43. The molecule has 0 radical (unpaired) electrons. The molecule has 29 heavy (non-hydrogen) atoms. The summed E-state index contributed by atoms with van der Waals surface area (Å²) >= 11 is 3.39. The summed E-state index contributed by atoms with van der Waals surface area (Å²) in [4.78, 5) is 29.4. The molecule has 1 unspecified atom stereocenters. The monoisotopic (exact) mass is 458 g/mol. The van der Waals surface area contributed by atoms with Gasteiger partial charge in [-0.25, -0.2) is 0 Å². The van der Waals surface area contributed by atoms with Gasteiger partial charge >= 0.3 is 0 Å². The quantitative estimate of drug-likeness (QED) is 0.563. The first kappa shape index (κ1) is 19.5. The normalized spacial score (nSPS) is 17.2. The van der Waals surface area contributed by atoms with E-state index in [2.05, 4.69) is 15.9 Å². The Morgan fingerprint density at radius 1 is 1.28 bits per heavy atom. The lowest BCUT2D eigenvalue weighted by atomic mass is 9.99. The van der Waals surface area contributed by atoms with E-state index in [0.29, 0.717) is 24.4 Å². The molecule has 1 N–H and O–H groups in total. The maximum Gasteiger partial charge on any atom is 0.290 e. The highest BCUT2D eigenvalue weighted by Gasteiger charge is 2.45. The van der Waals surface area contributed by atoms with Crippen LogP contribution in [0.25, 0.3) is 11.0 Å². The summed E-state index contributed by atoms with van der Waals surface area (Å²) in [6.07, 6.45) is 1.47. The smallest absolute Gasteiger partial charge is 0.290 e.